The molecule has 0 saturated heterocycles. The van der Waals surface area contributed by atoms with E-state index >= 15 is 0 Å². The molecule has 0 spiro atoms. The third-order valence-corrected chi connectivity index (χ3v) is 4.94. The lowest BCUT2D eigenvalue weighted by Crippen LogP contribution is -2.33. The van der Waals surface area contributed by atoms with Gasteiger partial charge in [0.25, 0.3) is 0 Å². The summed E-state index contributed by atoms with van der Waals surface area (Å²) in [5.41, 5.74) is 0.905. The van der Waals surface area contributed by atoms with E-state index in [0.29, 0.717) is 4.90 Å². The molecular weight excluding hydrogens is 286 g/mol. The van der Waals surface area contributed by atoms with Gasteiger partial charge in [0.2, 0.25) is 5.91 Å². The highest BCUT2D eigenvalue weighted by Crippen LogP contribution is 2.21. The van der Waals surface area contributed by atoms with Gasteiger partial charge >= 0.3 is 0 Å². The van der Waals surface area contributed by atoms with Crippen LogP contribution >= 0.6 is 0 Å². The van der Waals surface area contributed by atoms with Crippen LogP contribution in [0.3, 0.4) is 0 Å². The van der Waals surface area contributed by atoms with E-state index in [1.807, 2.05) is 6.92 Å². The van der Waals surface area contributed by atoms with Crippen molar-refractivity contribution in [1.82, 2.24) is 5.32 Å². The molecule has 0 radical (unpaired) electrons. The fourth-order valence-electron chi connectivity index (χ4n) is 2.45. The number of rotatable bonds is 4. The standard InChI is InChI=1S/C16H21NO3S/c1-12(17-16(18)14-6-4-3-5-7-14)13-8-10-15(11-9-13)21(2,19)20/h3-4,8-12,14H,5-7H2,1-2H3,(H,17,18). The molecule has 2 atom stereocenters. The van der Waals surface area contributed by atoms with Crippen molar-refractivity contribution in [2.75, 3.05) is 6.26 Å². The van der Waals surface area contributed by atoms with Gasteiger partial charge in [0.15, 0.2) is 9.84 Å². The molecule has 114 valence electrons. The number of hydrogen-bond donors (Lipinski definition) is 1. The van der Waals surface area contributed by atoms with Crippen LogP contribution in [-0.2, 0) is 14.6 Å². The number of carbonyl (C=O) groups is 1. The van der Waals surface area contributed by atoms with Gasteiger partial charge in [-0.1, -0.05) is 24.3 Å². The van der Waals surface area contributed by atoms with E-state index in [4.69, 9.17) is 0 Å². The zero-order valence-electron chi connectivity index (χ0n) is 12.4. The molecule has 1 amide bonds. The molecular formula is C16H21NO3S. The van der Waals surface area contributed by atoms with E-state index < -0.39 is 9.84 Å². The molecule has 2 rings (SSSR count). The monoisotopic (exact) mass is 307 g/mol. The van der Waals surface area contributed by atoms with Crippen molar-refractivity contribution in [1.29, 1.82) is 0 Å². The average molecular weight is 307 g/mol. The summed E-state index contributed by atoms with van der Waals surface area (Å²) in [4.78, 5) is 12.5. The van der Waals surface area contributed by atoms with Gasteiger partial charge in [0.05, 0.1) is 10.9 Å². The zero-order chi connectivity index (χ0) is 15.5. The van der Waals surface area contributed by atoms with Crippen molar-refractivity contribution in [3.63, 3.8) is 0 Å². The van der Waals surface area contributed by atoms with E-state index in [-0.39, 0.29) is 17.9 Å². The molecule has 4 nitrogen and oxygen atoms in total. The van der Waals surface area contributed by atoms with Gasteiger partial charge in [-0.05, 0) is 43.9 Å². The van der Waals surface area contributed by atoms with Gasteiger partial charge in [-0.3, -0.25) is 4.79 Å². The van der Waals surface area contributed by atoms with Crippen molar-refractivity contribution in [3.05, 3.63) is 42.0 Å². The summed E-state index contributed by atoms with van der Waals surface area (Å²) >= 11 is 0. The lowest BCUT2D eigenvalue weighted by Gasteiger charge is -2.21. The van der Waals surface area contributed by atoms with Crippen molar-refractivity contribution in [3.8, 4) is 0 Å². The summed E-state index contributed by atoms with van der Waals surface area (Å²) in [6, 6.07) is 6.54. The minimum Gasteiger partial charge on any atom is -0.349 e. The predicted octanol–water partition coefficient (Wildman–Crippen LogP) is 2.62. The summed E-state index contributed by atoms with van der Waals surface area (Å²) < 4.78 is 22.8. The fraction of sp³-hybridized carbons (Fsp3) is 0.438. The normalized spacial score (nSPS) is 20.0. The lowest BCUT2D eigenvalue weighted by molar-refractivity contribution is -0.125. The van der Waals surface area contributed by atoms with Crippen molar-refractivity contribution < 1.29 is 13.2 Å². The highest BCUT2D eigenvalue weighted by atomic mass is 32.2. The van der Waals surface area contributed by atoms with Crippen LogP contribution < -0.4 is 5.32 Å². The first-order valence-electron chi connectivity index (χ1n) is 7.13. The first-order valence-corrected chi connectivity index (χ1v) is 9.02. The highest BCUT2D eigenvalue weighted by Gasteiger charge is 2.20. The Bertz CT molecular complexity index is 632. The van der Waals surface area contributed by atoms with Crippen LogP contribution in [0.4, 0.5) is 0 Å². The van der Waals surface area contributed by atoms with Crippen molar-refractivity contribution in [2.24, 2.45) is 5.92 Å². The largest absolute Gasteiger partial charge is 0.349 e. The molecule has 1 aromatic carbocycles. The summed E-state index contributed by atoms with van der Waals surface area (Å²) in [6.07, 6.45) is 7.99. The molecule has 0 saturated carbocycles. The minimum absolute atomic E-state index is 0.0488. The van der Waals surface area contributed by atoms with Gasteiger partial charge in [-0.25, -0.2) is 8.42 Å². The first kappa shape index (κ1) is 15.8. The molecule has 1 aromatic rings. The molecule has 5 heteroatoms. The third kappa shape index (κ3) is 4.17. The van der Waals surface area contributed by atoms with Gasteiger partial charge < -0.3 is 5.32 Å². The van der Waals surface area contributed by atoms with Crippen LogP contribution in [0.1, 0.15) is 37.8 Å². The Kier molecular flexibility index (Phi) is 4.83. The number of carbonyl (C=O) groups excluding carboxylic acids is 1. The maximum atomic E-state index is 12.2. The van der Waals surface area contributed by atoms with Crippen molar-refractivity contribution in [2.45, 2.75) is 37.1 Å². The maximum absolute atomic E-state index is 12.2. The Morgan fingerprint density at radius 1 is 1.24 bits per heavy atom. The zero-order valence-corrected chi connectivity index (χ0v) is 13.2. The average Bonchev–Trinajstić information content (AvgIpc) is 2.47. The molecule has 0 fully saturated rings. The lowest BCUT2D eigenvalue weighted by atomic mass is 9.93. The molecule has 0 aliphatic heterocycles. The topological polar surface area (TPSA) is 63.2 Å². The number of allylic oxidation sites excluding steroid dienone is 2. The molecule has 0 heterocycles. The first-order chi connectivity index (χ1) is 9.88. The second kappa shape index (κ2) is 6.43. The number of nitrogens with one attached hydrogen (secondary N) is 1. The second-order valence-corrected chi connectivity index (χ2v) is 7.57. The summed E-state index contributed by atoms with van der Waals surface area (Å²) in [6.45, 7) is 1.91. The number of sulfone groups is 1. The Morgan fingerprint density at radius 3 is 2.43 bits per heavy atom. The summed E-state index contributed by atoms with van der Waals surface area (Å²) in [7, 11) is -3.18. The van der Waals surface area contributed by atoms with E-state index in [1.165, 1.54) is 6.26 Å². The van der Waals surface area contributed by atoms with Crippen LogP contribution in [-0.4, -0.2) is 20.6 Å². The SMILES string of the molecule is CC(NC(=O)C1CC=CCC1)c1ccc(S(C)(=O)=O)cc1. The van der Waals surface area contributed by atoms with E-state index in [1.54, 1.807) is 24.3 Å². The molecule has 1 aliphatic carbocycles. The molecule has 0 aromatic heterocycles. The Morgan fingerprint density at radius 2 is 1.90 bits per heavy atom. The van der Waals surface area contributed by atoms with Crippen LogP contribution in [0, 0.1) is 5.92 Å². The van der Waals surface area contributed by atoms with Crippen LogP contribution in [0.2, 0.25) is 0 Å². The Labute approximate surface area is 126 Å². The molecule has 1 aliphatic rings. The fourth-order valence-corrected chi connectivity index (χ4v) is 3.08. The van der Waals surface area contributed by atoms with E-state index in [9.17, 15) is 13.2 Å². The highest BCUT2D eigenvalue weighted by molar-refractivity contribution is 7.90. The molecule has 21 heavy (non-hydrogen) atoms. The van der Waals surface area contributed by atoms with E-state index in [2.05, 4.69) is 17.5 Å². The van der Waals surface area contributed by atoms with Gasteiger partial charge in [0, 0.05) is 12.2 Å². The van der Waals surface area contributed by atoms with Crippen LogP contribution in [0.5, 0.6) is 0 Å². The number of amides is 1. The predicted molar refractivity (Wildman–Crippen MR) is 82.6 cm³/mol. The van der Waals surface area contributed by atoms with E-state index in [0.717, 1.165) is 24.8 Å². The van der Waals surface area contributed by atoms with Gasteiger partial charge in [0.1, 0.15) is 0 Å². The molecule has 0 bridgehead atoms. The van der Waals surface area contributed by atoms with Crippen molar-refractivity contribution >= 4 is 15.7 Å². The second-order valence-electron chi connectivity index (χ2n) is 5.55. The maximum Gasteiger partial charge on any atom is 0.223 e. The minimum atomic E-state index is -3.18. The van der Waals surface area contributed by atoms with Crippen LogP contribution in [0.25, 0.3) is 0 Å². The summed E-state index contributed by atoms with van der Waals surface area (Å²) in [5.74, 6) is 0.117. The molecule has 1 N–H and O–H groups in total. The van der Waals surface area contributed by atoms with Gasteiger partial charge in [-0.15, -0.1) is 0 Å². The van der Waals surface area contributed by atoms with Crippen LogP contribution in [0.15, 0.2) is 41.3 Å². The Hall–Kier alpha value is -1.62. The number of benzene rings is 1. The number of hydrogen-bond acceptors (Lipinski definition) is 3. The summed E-state index contributed by atoms with van der Waals surface area (Å²) in [5, 5.41) is 3.00. The third-order valence-electron chi connectivity index (χ3n) is 3.81. The molecule has 2 unspecified atom stereocenters. The van der Waals surface area contributed by atoms with Gasteiger partial charge in [-0.2, -0.15) is 0 Å². The Balaban J connectivity index is 2.01. The quantitative estimate of drug-likeness (QED) is 0.870. The smallest absolute Gasteiger partial charge is 0.223 e.